The van der Waals surface area contributed by atoms with Gasteiger partial charge in [0.15, 0.2) is 0 Å². The van der Waals surface area contributed by atoms with Crippen LogP contribution in [0.25, 0.3) is 5.69 Å². The number of carbonyl (C=O) groups is 1. The smallest absolute Gasteiger partial charge is 0.272 e. The quantitative estimate of drug-likeness (QED) is 0.764. The minimum Gasteiger partial charge on any atom is -0.335 e. The molecule has 2 aromatic carbocycles. The summed E-state index contributed by atoms with van der Waals surface area (Å²) in [5, 5.41) is 4.77. The standard InChI is InChI=1S/C23H24N4O/c24-20-15-26(14-19(20)16-7-3-1-4-8-16)23(28)22-13-21(17-11-12-17)25-27(22)18-9-5-2-6-10-18/h1-10,13,17,19-20H,11-12,14-15,24H2/t19-,20+/m0/s1. The first-order chi connectivity index (χ1) is 13.7. The molecular formula is C23H24N4O. The normalized spacial score (nSPS) is 21.8. The number of benzene rings is 2. The van der Waals surface area contributed by atoms with Crippen LogP contribution in [0.2, 0.25) is 0 Å². The fourth-order valence-electron chi connectivity index (χ4n) is 4.11. The third-order valence-electron chi connectivity index (χ3n) is 5.82. The van der Waals surface area contributed by atoms with Crippen molar-refractivity contribution in [3.05, 3.63) is 83.7 Å². The van der Waals surface area contributed by atoms with Crippen LogP contribution in [0.4, 0.5) is 0 Å². The van der Waals surface area contributed by atoms with E-state index in [1.165, 1.54) is 5.56 Å². The number of amides is 1. The fourth-order valence-corrected chi connectivity index (χ4v) is 4.11. The molecule has 5 rings (SSSR count). The van der Waals surface area contributed by atoms with E-state index in [1.807, 2.05) is 59.5 Å². The average molecular weight is 372 g/mol. The highest BCUT2D eigenvalue weighted by molar-refractivity contribution is 5.93. The zero-order chi connectivity index (χ0) is 19.1. The molecule has 2 aliphatic rings. The van der Waals surface area contributed by atoms with Crippen LogP contribution in [0.3, 0.4) is 0 Å². The van der Waals surface area contributed by atoms with Gasteiger partial charge < -0.3 is 10.6 Å². The van der Waals surface area contributed by atoms with Gasteiger partial charge in [-0.05, 0) is 36.6 Å². The Kier molecular flexibility index (Phi) is 4.24. The van der Waals surface area contributed by atoms with Crippen LogP contribution >= 0.6 is 0 Å². The van der Waals surface area contributed by atoms with Gasteiger partial charge in [-0.15, -0.1) is 0 Å². The molecular weight excluding hydrogens is 348 g/mol. The molecule has 3 aromatic rings. The second-order valence-corrected chi connectivity index (χ2v) is 7.87. The molecule has 0 spiro atoms. The second-order valence-electron chi connectivity index (χ2n) is 7.87. The maximum atomic E-state index is 13.4. The van der Waals surface area contributed by atoms with Crippen LogP contribution in [0.1, 0.15) is 46.4 Å². The first kappa shape index (κ1) is 17.2. The highest BCUT2D eigenvalue weighted by Gasteiger charge is 2.36. The molecule has 1 aromatic heterocycles. The van der Waals surface area contributed by atoms with E-state index in [2.05, 4.69) is 12.1 Å². The lowest BCUT2D eigenvalue weighted by Crippen LogP contribution is -2.33. The van der Waals surface area contributed by atoms with Gasteiger partial charge in [0, 0.05) is 31.0 Å². The Morgan fingerprint density at radius 3 is 2.32 bits per heavy atom. The average Bonchev–Trinajstić information content (AvgIpc) is 3.37. The summed E-state index contributed by atoms with van der Waals surface area (Å²) in [6, 6.07) is 22.1. The Balaban J connectivity index is 1.45. The van der Waals surface area contributed by atoms with Crippen molar-refractivity contribution in [2.75, 3.05) is 13.1 Å². The molecule has 1 saturated heterocycles. The Hall–Kier alpha value is -2.92. The summed E-state index contributed by atoms with van der Waals surface area (Å²) >= 11 is 0. The Morgan fingerprint density at radius 1 is 0.964 bits per heavy atom. The summed E-state index contributed by atoms with van der Waals surface area (Å²) in [6.07, 6.45) is 2.31. The predicted octanol–water partition coefficient (Wildman–Crippen LogP) is 3.32. The van der Waals surface area contributed by atoms with Crippen molar-refractivity contribution in [3.63, 3.8) is 0 Å². The molecule has 2 heterocycles. The summed E-state index contributed by atoms with van der Waals surface area (Å²) in [5.74, 6) is 0.674. The van der Waals surface area contributed by atoms with E-state index in [-0.39, 0.29) is 17.9 Å². The lowest BCUT2D eigenvalue weighted by molar-refractivity contribution is 0.0780. The highest BCUT2D eigenvalue weighted by Crippen LogP contribution is 2.40. The van der Waals surface area contributed by atoms with Gasteiger partial charge in [0.1, 0.15) is 5.69 Å². The summed E-state index contributed by atoms with van der Waals surface area (Å²) in [4.78, 5) is 15.3. The highest BCUT2D eigenvalue weighted by atomic mass is 16.2. The molecule has 1 aliphatic heterocycles. The summed E-state index contributed by atoms with van der Waals surface area (Å²) < 4.78 is 1.80. The summed E-state index contributed by atoms with van der Waals surface area (Å²) in [6.45, 7) is 1.21. The van der Waals surface area contributed by atoms with Crippen LogP contribution in [0.5, 0.6) is 0 Å². The van der Waals surface area contributed by atoms with Gasteiger partial charge in [-0.3, -0.25) is 4.79 Å². The van der Waals surface area contributed by atoms with E-state index in [1.54, 1.807) is 4.68 Å². The molecule has 1 amide bonds. The zero-order valence-corrected chi connectivity index (χ0v) is 15.7. The Morgan fingerprint density at radius 2 is 1.64 bits per heavy atom. The van der Waals surface area contributed by atoms with Crippen LogP contribution in [-0.2, 0) is 0 Å². The van der Waals surface area contributed by atoms with E-state index >= 15 is 0 Å². The van der Waals surface area contributed by atoms with Gasteiger partial charge in [0.2, 0.25) is 0 Å². The van der Waals surface area contributed by atoms with Crippen molar-refractivity contribution < 1.29 is 4.79 Å². The molecule has 0 bridgehead atoms. The lowest BCUT2D eigenvalue weighted by atomic mass is 9.95. The van der Waals surface area contributed by atoms with E-state index in [4.69, 9.17) is 10.8 Å². The van der Waals surface area contributed by atoms with Crippen LogP contribution < -0.4 is 5.73 Å². The summed E-state index contributed by atoms with van der Waals surface area (Å²) in [7, 11) is 0. The molecule has 5 nitrogen and oxygen atoms in total. The predicted molar refractivity (Wildman–Crippen MR) is 109 cm³/mol. The SMILES string of the molecule is N[C@@H]1CN(C(=O)c2cc(C3CC3)nn2-c2ccccc2)C[C@H]1c1ccccc1. The Bertz CT molecular complexity index is 978. The number of likely N-dealkylation sites (tertiary alicyclic amines) is 1. The largest absolute Gasteiger partial charge is 0.335 e. The molecule has 0 unspecified atom stereocenters. The maximum absolute atomic E-state index is 13.4. The first-order valence-corrected chi connectivity index (χ1v) is 9.96. The topological polar surface area (TPSA) is 64.2 Å². The number of nitrogens with zero attached hydrogens (tertiary/aromatic N) is 3. The van der Waals surface area contributed by atoms with E-state index in [0.29, 0.717) is 24.7 Å². The van der Waals surface area contributed by atoms with E-state index in [9.17, 15) is 4.79 Å². The van der Waals surface area contributed by atoms with Crippen LogP contribution in [0, 0.1) is 0 Å². The van der Waals surface area contributed by atoms with Crippen molar-refractivity contribution in [2.24, 2.45) is 5.73 Å². The fraction of sp³-hybridized carbons (Fsp3) is 0.304. The molecule has 142 valence electrons. The number of rotatable bonds is 4. The van der Waals surface area contributed by atoms with Gasteiger partial charge in [-0.2, -0.15) is 5.10 Å². The molecule has 0 radical (unpaired) electrons. The molecule has 1 aliphatic carbocycles. The number of hydrogen-bond donors (Lipinski definition) is 1. The van der Waals surface area contributed by atoms with Crippen molar-refractivity contribution in [1.29, 1.82) is 0 Å². The minimum atomic E-state index is -0.0534. The maximum Gasteiger partial charge on any atom is 0.272 e. The van der Waals surface area contributed by atoms with Crippen molar-refractivity contribution >= 4 is 5.91 Å². The number of nitrogens with two attached hydrogens (primary N) is 1. The van der Waals surface area contributed by atoms with Crippen LogP contribution in [-0.4, -0.2) is 39.7 Å². The minimum absolute atomic E-state index is 0.0112. The third-order valence-corrected chi connectivity index (χ3v) is 5.82. The lowest BCUT2D eigenvalue weighted by Gasteiger charge is -2.17. The first-order valence-electron chi connectivity index (χ1n) is 9.96. The van der Waals surface area contributed by atoms with Crippen molar-refractivity contribution in [2.45, 2.75) is 30.7 Å². The third kappa shape index (κ3) is 3.12. The number of aromatic nitrogens is 2. The van der Waals surface area contributed by atoms with Crippen molar-refractivity contribution in [1.82, 2.24) is 14.7 Å². The molecule has 5 heteroatoms. The molecule has 2 N–H and O–H groups in total. The zero-order valence-electron chi connectivity index (χ0n) is 15.7. The van der Waals surface area contributed by atoms with Gasteiger partial charge in [0.05, 0.1) is 11.4 Å². The van der Waals surface area contributed by atoms with Crippen LogP contribution in [0.15, 0.2) is 66.7 Å². The number of para-hydroxylation sites is 1. The van der Waals surface area contributed by atoms with E-state index in [0.717, 1.165) is 24.2 Å². The van der Waals surface area contributed by atoms with Gasteiger partial charge in [-0.1, -0.05) is 48.5 Å². The van der Waals surface area contributed by atoms with Crippen molar-refractivity contribution in [3.8, 4) is 5.69 Å². The number of carbonyl (C=O) groups excluding carboxylic acids is 1. The molecule has 2 atom stereocenters. The molecule has 1 saturated carbocycles. The van der Waals surface area contributed by atoms with Gasteiger partial charge in [0.25, 0.3) is 5.91 Å². The second kappa shape index (κ2) is 6.91. The molecule has 2 fully saturated rings. The molecule has 28 heavy (non-hydrogen) atoms. The van der Waals surface area contributed by atoms with Gasteiger partial charge in [-0.25, -0.2) is 4.68 Å². The summed E-state index contributed by atoms with van der Waals surface area (Å²) in [5.41, 5.74) is 10.2. The number of hydrogen-bond acceptors (Lipinski definition) is 3. The Labute approximate surface area is 164 Å². The monoisotopic (exact) mass is 372 g/mol. The van der Waals surface area contributed by atoms with Gasteiger partial charge >= 0.3 is 0 Å². The van der Waals surface area contributed by atoms with E-state index < -0.39 is 0 Å².